The van der Waals surface area contributed by atoms with Gasteiger partial charge in [0.2, 0.25) is 15.9 Å². The maximum Gasteiger partial charge on any atom is 0.244 e. The lowest BCUT2D eigenvalue weighted by Crippen LogP contribution is -2.32. The number of aryl methyl sites for hydroxylation is 1. The van der Waals surface area contributed by atoms with Crippen LogP contribution in [0.3, 0.4) is 0 Å². The van der Waals surface area contributed by atoms with Gasteiger partial charge in [-0.25, -0.2) is 13.4 Å². The summed E-state index contributed by atoms with van der Waals surface area (Å²) in [6, 6.07) is 4.81. The van der Waals surface area contributed by atoms with E-state index >= 15 is 0 Å². The van der Waals surface area contributed by atoms with Crippen molar-refractivity contribution >= 4 is 33.5 Å². The number of carbonyl (C=O) groups excluding carboxylic acids is 1. The average molecular weight is 411 g/mol. The number of amides is 1. The van der Waals surface area contributed by atoms with Crippen LogP contribution in [0.4, 0.5) is 5.82 Å². The number of hydrogen-bond acceptors (Lipinski definition) is 7. The molecular formula is C17H22N4O4S2. The summed E-state index contributed by atoms with van der Waals surface area (Å²) in [7, 11) is -3.51. The standard InChI is InChI=1S/C17H22N4O4S2/c1-13-10-15(20-25-13)19-16(22)12-26-17-7-6-14(11-18-17)27(23,24)21-8-4-2-3-5-9-21/h6-7,10-11H,2-5,8-9,12H2,1H3,(H,19,20,22). The van der Waals surface area contributed by atoms with Crippen LogP contribution in [0.25, 0.3) is 0 Å². The first kappa shape index (κ1) is 19.8. The molecule has 0 aliphatic carbocycles. The van der Waals surface area contributed by atoms with E-state index in [-0.39, 0.29) is 16.6 Å². The fourth-order valence-electron chi connectivity index (χ4n) is 2.78. The summed E-state index contributed by atoms with van der Waals surface area (Å²) in [5.41, 5.74) is 0. The SMILES string of the molecule is Cc1cc(NC(=O)CSc2ccc(S(=O)(=O)N3CCCCCC3)cn2)no1. The second kappa shape index (κ2) is 8.85. The largest absolute Gasteiger partial charge is 0.360 e. The van der Waals surface area contributed by atoms with Crippen molar-refractivity contribution in [3.05, 3.63) is 30.2 Å². The number of nitrogens with one attached hydrogen (secondary N) is 1. The van der Waals surface area contributed by atoms with E-state index in [4.69, 9.17) is 4.52 Å². The first-order valence-electron chi connectivity index (χ1n) is 8.77. The Bertz CT molecular complexity index is 873. The minimum atomic E-state index is -3.51. The van der Waals surface area contributed by atoms with Crippen LogP contribution in [0.15, 0.2) is 38.8 Å². The Balaban J connectivity index is 1.57. The van der Waals surface area contributed by atoms with E-state index in [0.29, 0.717) is 29.7 Å². The Morgan fingerprint density at radius 3 is 2.59 bits per heavy atom. The van der Waals surface area contributed by atoms with Crippen molar-refractivity contribution in [2.24, 2.45) is 0 Å². The number of sulfonamides is 1. The molecule has 27 heavy (non-hydrogen) atoms. The highest BCUT2D eigenvalue weighted by Gasteiger charge is 2.25. The summed E-state index contributed by atoms with van der Waals surface area (Å²) in [6.07, 6.45) is 5.27. The second-order valence-corrected chi connectivity index (χ2v) is 9.24. The quantitative estimate of drug-likeness (QED) is 0.730. The third kappa shape index (κ3) is 5.30. The van der Waals surface area contributed by atoms with Crippen LogP contribution in [-0.4, -0.2) is 47.6 Å². The molecule has 1 N–H and O–H groups in total. The van der Waals surface area contributed by atoms with Gasteiger partial charge in [-0.05, 0) is 31.9 Å². The van der Waals surface area contributed by atoms with Gasteiger partial charge < -0.3 is 9.84 Å². The van der Waals surface area contributed by atoms with Gasteiger partial charge in [-0.2, -0.15) is 4.31 Å². The fraction of sp³-hybridized carbons (Fsp3) is 0.471. The van der Waals surface area contributed by atoms with Crippen LogP contribution in [-0.2, 0) is 14.8 Å². The molecule has 2 aromatic heterocycles. The molecule has 0 unspecified atom stereocenters. The number of aromatic nitrogens is 2. The number of anilines is 1. The minimum Gasteiger partial charge on any atom is -0.360 e. The van der Waals surface area contributed by atoms with Crippen LogP contribution in [0.1, 0.15) is 31.4 Å². The van der Waals surface area contributed by atoms with Gasteiger partial charge in [-0.15, -0.1) is 0 Å². The Morgan fingerprint density at radius 1 is 1.26 bits per heavy atom. The predicted octanol–water partition coefficient (Wildman–Crippen LogP) is 2.67. The highest BCUT2D eigenvalue weighted by molar-refractivity contribution is 7.99. The Morgan fingerprint density at radius 2 is 2.00 bits per heavy atom. The van der Waals surface area contributed by atoms with Gasteiger partial charge in [0, 0.05) is 25.4 Å². The zero-order valence-electron chi connectivity index (χ0n) is 15.1. The summed E-state index contributed by atoms with van der Waals surface area (Å²) < 4.78 is 31.9. The lowest BCUT2D eigenvalue weighted by atomic mass is 10.2. The summed E-state index contributed by atoms with van der Waals surface area (Å²) in [5.74, 6) is 0.874. The van der Waals surface area contributed by atoms with Crippen molar-refractivity contribution in [1.29, 1.82) is 0 Å². The molecule has 8 nitrogen and oxygen atoms in total. The molecule has 2 aromatic rings. The number of thioether (sulfide) groups is 1. The van der Waals surface area contributed by atoms with Crippen molar-refractivity contribution < 1.29 is 17.7 Å². The van der Waals surface area contributed by atoms with E-state index in [9.17, 15) is 13.2 Å². The fourth-order valence-corrected chi connectivity index (χ4v) is 4.89. The zero-order chi connectivity index (χ0) is 19.3. The molecule has 0 saturated carbocycles. The van der Waals surface area contributed by atoms with Gasteiger partial charge in [0.05, 0.1) is 10.8 Å². The predicted molar refractivity (Wildman–Crippen MR) is 102 cm³/mol. The highest BCUT2D eigenvalue weighted by atomic mass is 32.2. The number of pyridine rings is 1. The molecule has 1 amide bonds. The topological polar surface area (TPSA) is 105 Å². The molecule has 1 aliphatic heterocycles. The lowest BCUT2D eigenvalue weighted by molar-refractivity contribution is -0.113. The van der Waals surface area contributed by atoms with Gasteiger partial charge in [0.15, 0.2) is 5.82 Å². The molecule has 0 atom stereocenters. The first-order valence-corrected chi connectivity index (χ1v) is 11.2. The maximum atomic E-state index is 12.7. The van der Waals surface area contributed by atoms with Crippen molar-refractivity contribution in [3.8, 4) is 0 Å². The molecular weight excluding hydrogens is 388 g/mol. The molecule has 1 aliphatic rings. The summed E-state index contributed by atoms with van der Waals surface area (Å²) >= 11 is 1.22. The Hall–Kier alpha value is -1.91. The zero-order valence-corrected chi connectivity index (χ0v) is 16.7. The van der Waals surface area contributed by atoms with E-state index in [0.717, 1.165) is 25.7 Å². The third-order valence-electron chi connectivity index (χ3n) is 4.16. The van der Waals surface area contributed by atoms with Crippen molar-refractivity contribution in [1.82, 2.24) is 14.4 Å². The molecule has 3 heterocycles. The summed E-state index contributed by atoms with van der Waals surface area (Å²) in [5, 5.41) is 6.90. The van der Waals surface area contributed by atoms with Crippen molar-refractivity contribution in [2.45, 2.75) is 42.5 Å². The number of rotatable bonds is 6. The van der Waals surface area contributed by atoms with Gasteiger partial charge in [0.25, 0.3) is 0 Å². The molecule has 1 saturated heterocycles. The number of nitrogens with zero attached hydrogens (tertiary/aromatic N) is 3. The molecule has 0 bridgehead atoms. The van der Waals surface area contributed by atoms with Crippen LogP contribution < -0.4 is 5.32 Å². The van der Waals surface area contributed by atoms with Gasteiger partial charge in [-0.1, -0.05) is 29.8 Å². The Kier molecular flexibility index (Phi) is 6.51. The monoisotopic (exact) mass is 410 g/mol. The summed E-state index contributed by atoms with van der Waals surface area (Å²) in [6.45, 7) is 2.85. The Labute approximate surface area is 162 Å². The average Bonchev–Trinajstić information content (AvgIpc) is 2.88. The van der Waals surface area contributed by atoms with E-state index in [2.05, 4.69) is 15.5 Å². The number of carbonyl (C=O) groups is 1. The molecule has 3 rings (SSSR count). The van der Waals surface area contributed by atoms with E-state index < -0.39 is 10.0 Å². The molecule has 1 fully saturated rings. The minimum absolute atomic E-state index is 0.136. The van der Waals surface area contributed by atoms with Gasteiger partial charge in [-0.3, -0.25) is 4.79 Å². The molecule has 0 radical (unpaired) electrons. The van der Waals surface area contributed by atoms with Gasteiger partial charge >= 0.3 is 0 Å². The molecule has 10 heteroatoms. The third-order valence-corrected chi connectivity index (χ3v) is 6.98. The van der Waals surface area contributed by atoms with Crippen LogP contribution in [0.2, 0.25) is 0 Å². The van der Waals surface area contributed by atoms with E-state index in [1.165, 1.54) is 22.3 Å². The lowest BCUT2D eigenvalue weighted by Gasteiger charge is -2.19. The van der Waals surface area contributed by atoms with Gasteiger partial charge in [0.1, 0.15) is 10.7 Å². The maximum absolute atomic E-state index is 12.7. The highest BCUT2D eigenvalue weighted by Crippen LogP contribution is 2.22. The second-order valence-electron chi connectivity index (χ2n) is 6.31. The summed E-state index contributed by atoms with van der Waals surface area (Å²) in [4.78, 5) is 16.3. The molecule has 0 aromatic carbocycles. The first-order chi connectivity index (χ1) is 12.9. The van der Waals surface area contributed by atoms with Crippen LogP contribution >= 0.6 is 11.8 Å². The van der Waals surface area contributed by atoms with E-state index in [1.807, 2.05) is 0 Å². The normalized spacial score (nSPS) is 16.0. The van der Waals surface area contributed by atoms with Crippen LogP contribution in [0.5, 0.6) is 0 Å². The molecule has 146 valence electrons. The van der Waals surface area contributed by atoms with E-state index in [1.54, 1.807) is 25.1 Å². The molecule has 0 spiro atoms. The van der Waals surface area contributed by atoms with Crippen molar-refractivity contribution in [3.63, 3.8) is 0 Å². The number of hydrogen-bond donors (Lipinski definition) is 1. The smallest absolute Gasteiger partial charge is 0.244 e. The van der Waals surface area contributed by atoms with Crippen molar-refractivity contribution in [2.75, 3.05) is 24.2 Å². The van der Waals surface area contributed by atoms with Crippen LogP contribution in [0, 0.1) is 6.92 Å².